The van der Waals surface area contributed by atoms with Crippen LogP contribution < -0.4 is 10.6 Å². The maximum Gasteiger partial charge on any atom is 0.237 e. The van der Waals surface area contributed by atoms with Crippen LogP contribution in [0.15, 0.2) is 36.4 Å². The Balaban J connectivity index is 2.15. The topological polar surface area (TPSA) is 58.2 Å². The number of para-hydroxylation sites is 1. The summed E-state index contributed by atoms with van der Waals surface area (Å²) in [5, 5.41) is 5.10. The first-order valence-corrected chi connectivity index (χ1v) is 6.09. The van der Waals surface area contributed by atoms with Crippen molar-refractivity contribution in [3.05, 3.63) is 42.2 Å². The first kappa shape index (κ1) is 13.3. The van der Waals surface area contributed by atoms with Crippen molar-refractivity contribution < 1.29 is 14.0 Å². The largest absolute Gasteiger partial charge is 0.355 e. The van der Waals surface area contributed by atoms with Gasteiger partial charge in [0.15, 0.2) is 0 Å². The zero-order chi connectivity index (χ0) is 13.8. The smallest absolute Gasteiger partial charge is 0.237 e. The summed E-state index contributed by atoms with van der Waals surface area (Å²) in [6.07, 6.45) is 3.61. The zero-order valence-corrected chi connectivity index (χ0v) is 10.5. The summed E-state index contributed by atoms with van der Waals surface area (Å²) in [5.74, 6) is -2.32. The molecule has 1 saturated heterocycles. The van der Waals surface area contributed by atoms with E-state index in [9.17, 15) is 14.0 Å². The highest BCUT2D eigenvalue weighted by atomic mass is 19.1. The first-order chi connectivity index (χ1) is 9.13. The van der Waals surface area contributed by atoms with Crippen molar-refractivity contribution in [3.63, 3.8) is 0 Å². The summed E-state index contributed by atoms with van der Waals surface area (Å²) >= 11 is 0. The van der Waals surface area contributed by atoms with E-state index in [0.717, 1.165) is 0 Å². The molecule has 1 aliphatic rings. The van der Waals surface area contributed by atoms with Crippen LogP contribution in [0.1, 0.15) is 6.92 Å². The molecule has 19 heavy (non-hydrogen) atoms. The molecule has 0 radical (unpaired) electrons. The van der Waals surface area contributed by atoms with Crippen molar-refractivity contribution in [1.29, 1.82) is 0 Å². The third kappa shape index (κ3) is 2.81. The molecule has 1 fully saturated rings. The number of allylic oxidation sites excluding steroid dienone is 1. The molecular formula is C14H15FN2O2. The number of anilines is 1. The summed E-state index contributed by atoms with van der Waals surface area (Å²) in [6, 6.07) is 5.88. The van der Waals surface area contributed by atoms with E-state index in [1.165, 1.54) is 18.2 Å². The van der Waals surface area contributed by atoms with E-state index < -0.39 is 17.6 Å². The second-order valence-corrected chi connectivity index (χ2v) is 4.38. The minimum Gasteiger partial charge on any atom is -0.355 e. The van der Waals surface area contributed by atoms with Gasteiger partial charge in [-0.05, 0) is 19.1 Å². The fourth-order valence-electron chi connectivity index (χ4n) is 2.15. The molecule has 4 nitrogen and oxygen atoms in total. The highest BCUT2D eigenvalue weighted by Crippen LogP contribution is 2.22. The zero-order valence-electron chi connectivity index (χ0n) is 10.5. The summed E-state index contributed by atoms with van der Waals surface area (Å²) in [7, 11) is 0. The van der Waals surface area contributed by atoms with Crippen molar-refractivity contribution in [2.75, 3.05) is 11.9 Å². The van der Waals surface area contributed by atoms with Gasteiger partial charge in [0.1, 0.15) is 11.7 Å². The van der Waals surface area contributed by atoms with Gasteiger partial charge in [-0.15, -0.1) is 0 Å². The minimum atomic E-state index is -0.809. The Kier molecular flexibility index (Phi) is 3.94. The number of benzene rings is 1. The normalized spacial score (nSPS) is 22.5. The minimum absolute atomic E-state index is 0.0893. The molecule has 2 N–H and O–H groups in total. The molecule has 0 bridgehead atoms. The third-order valence-corrected chi connectivity index (χ3v) is 3.08. The predicted molar refractivity (Wildman–Crippen MR) is 69.8 cm³/mol. The van der Waals surface area contributed by atoms with Gasteiger partial charge in [-0.3, -0.25) is 9.59 Å². The Morgan fingerprint density at radius 3 is 2.89 bits per heavy atom. The van der Waals surface area contributed by atoms with Crippen molar-refractivity contribution in [1.82, 2.24) is 5.32 Å². The van der Waals surface area contributed by atoms with Crippen LogP contribution in [0.2, 0.25) is 0 Å². The van der Waals surface area contributed by atoms with Gasteiger partial charge in [0.2, 0.25) is 11.8 Å². The molecule has 1 aromatic rings. The Bertz CT molecular complexity index is 528. The lowest BCUT2D eigenvalue weighted by Crippen LogP contribution is -2.32. The highest BCUT2D eigenvalue weighted by Gasteiger charge is 2.38. The Labute approximate surface area is 110 Å². The van der Waals surface area contributed by atoms with Crippen LogP contribution >= 0.6 is 0 Å². The molecule has 0 saturated carbocycles. The lowest BCUT2D eigenvalue weighted by Gasteiger charge is -2.13. The Morgan fingerprint density at radius 1 is 1.47 bits per heavy atom. The predicted octanol–water partition coefficient (Wildman–Crippen LogP) is 1.70. The molecule has 0 aromatic heterocycles. The third-order valence-electron chi connectivity index (χ3n) is 3.08. The molecule has 1 heterocycles. The number of nitrogens with one attached hydrogen (secondary N) is 2. The lowest BCUT2D eigenvalue weighted by atomic mass is 9.94. The van der Waals surface area contributed by atoms with Gasteiger partial charge in [0, 0.05) is 12.5 Å². The van der Waals surface area contributed by atoms with E-state index in [1.54, 1.807) is 12.1 Å². The molecule has 1 aromatic carbocycles. The second kappa shape index (κ2) is 5.65. The fraction of sp³-hybridized carbons (Fsp3) is 0.286. The van der Waals surface area contributed by atoms with E-state index >= 15 is 0 Å². The summed E-state index contributed by atoms with van der Waals surface area (Å²) in [5.41, 5.74) is 0.0893. The van der Waals surface area contributed by atoms with Gasteiger partial charge in [-0.2, -0.15) is 0 Å². The molecule has 2 atom stereocenters. The van der Waals surface area contributed by atoms with Crippen LogP contribution in [0.3, 0.4) is 0 Å². The highest BCUT2D eigenvalue weighted by molar-refractivity contribution is 6.08. The molecule has 2 unspecified atom stereocenters. The first-order valence-electron chi connectivity index (χ1n) is 6.09. The SMILES string of the molecule is C/C=C/C1CNC(=O)C1C(=O)Nc1ccccc1F. The van der Waals surface area contributed by atoms with Crippen molar-refractivity contribution >= 4 is 17.5 Å². The van der Waals surface area contributed by atoms with E-state index in [4.69, 9.17) is 0 Å². The van der Waals surface area contributed by atoms with E-state index in [-0.39, 0.29) is 17.5 Å². The number of hydrogen-bond acceptors (Lipinski definition) is 2. The van der Waals surface area contributed by atoms with Crippen LogP contribution in [-0.4, -0.2) is 18.4 Å². The standard InChI is InChI=1S/C14H15FN2O2/c1-2-5-9-8-16-13(18)12(9)14(19)17-11-7-4-3-6-10(11)15/h2-7,9,12H,8H2,1H3,(H,16,18)(H,17,19)/b5-2+. The molecule has 2 amide bonds. The summed E-state index contributed by atoms with van der Waals surface area (Å²) < 4.78 is 13.5. The number of rotatable bonds is 3. The quantitative estimate of drug-likeness (QED) is 0.643. The van der Waals surface area contributed by atoms with E-state index in [0.29, 0.717) is 6.54 Å². The molecule has 0 spiro atoms. The van der Waals surface area contributed by atoms with E-state index in [2.05, 4.69) is 10.6 Å². The Hall–Kier alpha value is -2.17. The van der Waals surface area contributed by atoms with E-state index in [1.807, 2.05) is 13.0 Å². The molecule has 0 aliphatic carbocycles. The molecule has 100 valence electrons. The molecule has 2 rings (SSSR count). The summed E-state index contributed by atoms with van der Waals surface area (Å²) in [6.45, 7) is 2.26. The second-order valence-electron chi connectivity index (χ2n) is 4.38. The van der Waals surface area contributed by atoms with Crippen LogP contribution in [0.25, 0.3) is 0 Å². The average molecular weight is 262 g/mol. The monoisotopic (exact) mass is 262 g/mol. The van der Waals surface area contributed by atoms with Gasteiger partial charge >= 0.3 is 0 Å². The fourth-order valence-corrected chi connectivity index (χ4v) is 2.15. The summed E-state index contributed by atoms with van der Waals surface area (Å²) in [4.78, 5) is 23.8. The van der Waals surface area contributed by atoms with Crippen LogP contribution in [0.5, 0.6) is 0 Å². The number of halogens is 1. The lowest BCUT2D eigenvalue weighted by molar-refractivity contribution is -0.130. The van der Waals surface area contributed by atoms with Crippen molar-refractivity contribution in [2.45, 2.75) is 6.92 Å². The van der Waals surface area contributed by atoms with Crippen LogP contribution in [0.4, 0.5) is 10.1 Å². The number of hydrogen-bond donors (Lipinski definition) is 2. The van der Waals surface area contributed by atoms with Crippen molar-refractivity contribution in [2.24, 2.45) is 11.8 Å². The number of carbonyl (C=O) groups excluding carboxylic acids is 2. The van der Waals surface area contributed by atoms with Gasteiger partial charge in [0.25, 0.3) is 0 Å². The van der Waals surface area contributed by atoms with Crippen LogP contribution in [-0.2, 0) is 9.59 Å². The Morgan fingerprint density at radius 2 is 2.21 bits per heavy atom. The molecule has 5 heteroatoms. The number of carbonyl (C=O) groups is 2. The maximum atomic E-state index is 13.5. The van der Waals surface area contributed by atoms with Crippen molar-refractivity contribution in [3.8, 4) is 0 Å². The van der Waals surface area contributed by atoms with Gasteiger partial charge in [-0.25, -0.2) is 4.39 Å². The van der Waals surface area contributed by atoms with Gasteiger partial charge in [-0.1, -0.05) is 24.3 Å². The average Bonchev–Trinajstić information content (AvgIpc) is 2.74. The number of amides is 2. The van der Waals surface area contributed by atoms with Gasteiger partial charge in [0.05, 0.1) is 5.69 Å². The maximum absolute atomic E-state index is 13.5. The molecule has 1 aliphatic heterocycles. The molecular weight excluding hydrogens is 247 g/mol. The van der Waals surface area contributed by atoms with Crippen LogP contribution in [0, 0.1) is 17.7 Å². The van der Waals surface area contributed by atoms with Gasteiger partial charge < -0.3 is 10.6 Å².